The first-order valence-electron chi connectivity index (χ1n) is 3.32. The van der Waals surface area contributed by atoms with Crippen LogP contribution in [0.15, 0.2) is 0 Å². The number of hydrogen-bond acceptors (Lipinski definition) is 4. The number of nitrogens with two attached hydrogens (primary N) is 1. The van der Waals surface area contributed by atoms with Gasteiger partial charge in [0.25, 0.3) is 15.1 Å². The van der Waals surface area contributed by atoms with Crippen molar-refractivity contribution >= 4 is 15.1 Å². The van der Waals surface area contributed by atoms with Gasteiger partial charge in [0.2, 0.25) is 0 Å². The van der Waals surface area contributed by atoms with Gasteiger partial charge in [0.15, 0.2) is 0 Å². The zero-order valence-corrected chi connectivity index (χ0v) is 6.73. The Morgan fingerprint density at radius 3 is 2.55 bits per heavy atom. The number of hydrogen-bond donors (Lipinski definition) is 2. The van der Waals surface area contributed by atoms with E-state index in [1.807, 2.05) is 0 Å². The molecule has 11 heavy (non-hydrogen) atoms. The Labute approximate surface area is 65.0 Å². The van der Waals surface area contributed by atoms with Crippen LogP contribution in [0.5, 0.6) is 0 Å². The summed E-state index contributed by atoms with van der Waals surface area (Å²) in [5.41, 5.74) is 0. The summed E-state index contributed by atoms with van der Waals surface area (Å²) in [7, 11) is -3.99. The van der Waals surface area contributed by atoms with E-state index in [0.29, 0.717) is 13.0 Å². The van der Waals surface area contributed by atoms with Crippen molar-refractivity contribution in [1.29, 1.82) is 0 Å². The molecule has 0 aromatic heterocycles. The number of rotatable bonds is 1. The quantitative estimate of drug-likeness (QED) is 0.514. The molecular weight excluding hydrogens is 168 g/mol. The van der Waals surface area contributed by atoms with E-state index in [4.69, 9.17) is 0 Å². The predicted octanol–water partition coefficient (Wildman–Crippen LogP) is -1.45. The first-order valence-corrected chi connectivity index (χ1v) is 4.86. The molecule has 1 fully saturated rings. The summed E-state index contributed by atoms with van der Waals surface area (Å²) >= 11 is 0. The van der Waals surface area contributed by atoms with Crippen LogP contribution >= 0.6 is 0 Å². The Morgan fingerprint density at radius 1 is 1.55 bits per heavy atom. The molecule has 1 heterocycles. The topological polar surface area (TPSA) is 89.3 Å². The SMILES string of the molecule is NS(=O)(=O)C(=O)C1CCCN1. The van der Waals surface area contributed by atoms with Crippen molar-refractivity contribution < 1.29 is 13.2 Å². The molecule has 0 aliphatic carbocycles. The van der Waals surface area contributed by atoms with E-state index in [1.54, 1.807) is 0 Å². The number of carbonyl (C=O) groups is 1. The van der Waals surface area contributed by atoms with E-state index >= 15 is 0 Å². The molecule has 0 radical (unpaired) electrons. The van der Waals surface area contributed by atoms with Crippen molar-refractivity contribution in [2.75, 3.05) is 6.54 Å². The number of carbonyl (C=O) groups excluding carboxylic acids is 1. The summed E-state index contributed by atoms with van der Waals surface area (Å²) in [6.45, 7) is 0.686. The molecule has 1 aliphatic rings. The third-order valence-corrected chi connectivity index (χ3v) is 2.47. The lowest BCUT2D eigenvalue weighted by Crippen LogP contribution is -2.39. The standard InChI is InChI=1S/C5H10N2O3S/c6-11(9,10)5(8)4-2-1-3-7-4/h4,7H,1-3H2,(H2,6,9,10). The molecule has 64 valence electrons. The van der Waals surface area contributed by atoms with E-state index in [2.05, 4.69) is 10.5 Å². The second kappa shape index (κ2) is 2.88. The molecule has 0 saturated carbocycles. The van der Waals surface area contributed by atoms with Crippen molar-refractivity contribution in [2.45, 2.75) is 18.9 Å². The molecule has 0 aromatic carbocycles. The maximum Gasteiger partial charge on any atom is 0.277 e. The molecule has 0 spiro atoms. The van der Waals surface area contributed by atoms with Gasteiger partial charge in [0, 0.05) is 0 Å². The highest BCUT2D eigenvalue weighted by atomic mass is 32.2. The number of nitrogens with one attached hydrogen (secondary N) is 1. The van der Waals surface area contributed by atoms with Gasteiger partial charge in [0.05, 0.1) is 6.04 Å². The fourth-order valence-corrected chi connectivity index (χ4v) is 1.68. The smallest absolute Gasteiger partial charge is 0.277 e. The summed E-state index contributed by atoms with van der Waals surface area (Å²) in [4.78, 5) is 10.9. The second-order valence-electron chi connectivity index (χ2n) is 2.51. The molecule has 1 atom stereocenters. The molecule has 5 nitrogen and oxygen atoms in total. The van der Waals surface area contributed by atoms with Gasteiger partial charge >= 0.3 is 0 Å². The average Bonchev–Trinajstić information content (AvgIpc) is 2.34. The fraction of sp³-hybridized carbons (Fsp3) is 0.800. The maximum absolute atomic E-state index is 10.9. The Bertz CT molecular complexity index is 253. The average molecular weight is 178 g/mol. The molecular formula is C5H10N2O3S. The minimum atomic E-state index is -3.99. The van der Waals surface area contributed by atoms with Crippen molar-refractivity contribution in [3.8, 4) is 0 Å². The highest BCUT2D eigenvalue weighted by Crippen LogP contribution is 2.07. The maximum atomic E-state index is 10.9. The van der Waals surface area contributed by atoms with Crippen LogP contribution in [-0.2, 0) is 14.8 Å². The van der Waals surface area contributed by atoms with E-state index < -0.39 is 21.2 Å². The largest absolute Gasteiger partial charge is 0.307 e. The Hall–Kier alpha value is -0.460. The molecule has 0 bridgehead atoms. The first-order chi connectivity index (χ1) is 5.02. The molecule has 0 aromatic rings. The van der Waals surface area contributed by atoms with Gasteiger partial charge in [0.1, 0.15) is 0 Å². The van der Waals surface area contributed by atoms with Gasteiger partial charge in [-0.3, -0.25) is 4.79 Å². The number of primary sulfonamides is 1. The van der Waals surface area contributed by atoms with E-state index in [9.17, 15) is 13.2 Å². The van der Waals surface area contributed by atoms with Crippen molar-refractivity contribution in [3.63, 3.8) is 0 Å². The third kappa shape index (κ3) is 1.98. The van der Waals surface area contributed by atoms with Gasteiger partial charge in [-0.2, -0.15) is 0 Å². The minimum absolute atomic E-state index is 0.565. The van der Waals surface area contributed by atoms with Crippen LogP contribution in [0.1, 0.15) is 12.8 Å². The summed E-state index contributed by atoms with van der Waals surface area (Å²) in [6.07, 6.45) is 1.39. The van der Waals surface area contributed by atoms with Gasteiger partial charge in [-0.25, -0.2) is 13.6 Å². The van der Waals surface area contributed by atoms with Crippen LogP contribution in [0, 0.1) is 0 Å². The zero-order valence-electron chi connectivity index (χ0n) is 5.91. The minimum Gasteiger partial charge on any atom is -0.307 e. The number of sulfonamides is 1. The zero-order chi connectivity index (χ0) is 8.48. The van der Waals surface area contributed by atoms with Crippen molar-refractivity contribution in [3.05, 3.63) is 0 Å². The Morgan fingerprint density at radius 2 is 2.18 bits per heavy atom. The first kappa shape index (κ1) is 8.63. The summed E-state index contributed by atoms with van der Waals surface area (Å²) in [5.74, 6) is 0. The van der Waals surface area contributed by atoms with E-state index in [1.165, 1.54) is 0 Å². The molecule has 1 rings (SSSR count). The summed E-state index contributed by atoms with van der Waals surface area (Å²) in [6, 6.07) is -0.579. The molecule has 6 heteroatoms. The van der Waals surface area contributed by atoms with Crippen LogP contribution in [0.4, 0.5) is 0 Å². The Kier molecular flexibility index (Phi) is 2.26. The highest BCUT2D eigenvalue weighted by molar-refractivity contribution is 8.04. The lowest BCUT2D eigenvalue weighted by atomic mass is 10.2. The van der Waals surface area contributed by atoms with Crippen LogP contribution in [-0.4, -0.2) is 26.1 Å². The van der Waals surface area contributed by atoms with Crippen molar-refractivity contribution in [2.24, 2.45) is 5.14 Å². The van der Waals surface area contributed by atoms with Gasteiger partial charge in [-0.1, -0.05) is 0 Å². The van der Waals surface area contributed by atoms with E-state index in [0.717, 1.165) is 6.42 Å². The van der Waals surface area contributed by atoms with Crippen molar-refractivity contribution in [1.82, 2.24) is 5.32 Å². The lowest BCUT2D eigenvalue weighted by molar-refractivity contribution is -0.113. The van der Waals surface area contributed by atoms with Gasteiger partial charge < -0.3 is 5.32 Å². The Balaban J connectivity index is 2.69. The third-order valence-electron chi connectivity index (χ3n) is 1.63. The van der Waals surface area contributed by atoms with Crippen LogP contribution in [0.3, 0.4) is 0 Å². The van der Waals surface area contributed by atoms with Crippen LogP contribution < -0.4 is 10.5 Å². The monoisotopic (exact) mass is 178 g/mol. The van der Waals surface area contributed by atoms with Crippen LogP contribution in [0.25, 0.3) is 0 Å². The van der Waals surface area contributed by atoms with Crippen LogP contribution in [0.2, 0.25) is 0 Å². The molecule has 0 amide bonds. The predicted molar refractivity (Wildman–Crippen MR) is 39.1 cm³/mol. The van der Waals surface area contributed by atoms with Gasteiger partial charge in [-0.05, 0) is 19.4 Å². The molecule has 1 saturated heterocycles. The molecule has 1 unspecified atom stereocenters. The molecule has 3 N–H and O–H groups in total. The lowest BCUT2D eigenvalue weighted by Gasteiger charge is -2.04. The highest BCUT2D eigenvalue weighted by Gasteiger charge is 2.29. The normalized spacial score (nSPS) is 25.4. The second-order valence-corrected chi connectivity index (χ2v) is 4.01. The van der Waals surface area contributed by atoms with E-state index in [-0.39, 0.29) is 0 Å². The summed E-state index contributed by atoms with van der Waals surface area (Å²) in [5, 5.41) is 6.50. The molecule has 1 aliphatic heterocycles. The fourth-order valence-electron chi connectivity index (χ4n) is 1.08. The van der Waals surface area contributed by atoms with Gasteiger partial charge in [-0.15, -0.1) is 0 Å². The summed E-state index contributed by atoms with van der Waals surface area (Å²) < 4.78 is 21.0.